The van der Waals surface area contributed by atoms with Crippen molar-refractivity contribution >= 4 is 28.8 Å². The minimum absolute atomic E-state index is 0.169. The summed E-state index contributed by atoms with van der Waals surface area (Å²) in [6.45, 7) is 12.5. The van der Waals surface area contributed by atoms with Crippen LogP contribution in [0, 0.1) is 6.92 Å². The van der Waals surface area contributed by atoms with E-state index in [-0.39, 0.29) is 23.2 Å². The summed E-state index contributed by atoms with van der Waals surface area (Å²) in [5.74, 6) is 0.169. The standard InChI is InChI=1S/C37H55N3O7S/c1-24-11-16-27(33-32(44)31(43)29(41)23-48(33)7)22-28(24)21-26-14-12-25(13-15-26)9-8-10-30(42)38-37(5,6)34(45)39-17-19-40(20-18-39)35(46)47-36(2,3)4/h11-16,22,29,31-33,41,43-44,48H,8-10,17-21,23H2,1-7H3,(H,38,42)/t29-,31-,32-,33+/m1/s1. The number of rotatable bonds is 9. The Bertz CT molecular complexity index is 1430. The average Bonchev–Trinajstić information content (AvgIpc) is 3.01. The van der Waals surface area contributed by atoms with Crippen LogP contribution in [0.3, 0.4) is 0 Å². The van der Waals surface area contributed by atoms with Gasteiger partial charge in [-0.15, -0.1) is 0 Å². The van der Waals surface area contributed by atoms with E-state index in [2.05, 4.69) is 54.9 Å². The lowest BCUT2D eigenvalue weighted by atomic mass is 9.93. The predicted molar refractivity (Wildman–Crippen MR) is 191 cm³/mol. The van der Waals surface area contributed by atoms with Crippen molar-refractivity contribution < 1.29 is 34.4 Å². The molecule has 0 aromatic heterocycles. The maximum absolute atomic E-state index is 13.2. The molecule has 2 aromatic rings. The SMILES string of the molecule is Cc1ccc([C@H]2[C@H](O)[C@H](O)[C@H](O)C[SH]2C)cc1Cc1ccc(CCCC(=O)NC(C)(C)C(=O)N2CCN(C(=O)OC(C)(C)C)CC2)cc1. The van der Waals surface area contributed by atoms with E-state index in [1.54, 1.807) is 23.6 Å². The van der Waals surface area contributed by atoms with Gasteiger partial charge in [0.1, 0.15) is 17.2 Å². The molecule has 0 radical (unpaired) electrons. The van der Waals surface area contributed by atoms with Gasteiger partial charge in [-0.25, -0.2) is 15.7 Å². The minimum atomic E-state index is -1.13. The fourth-order valence-corrected chi connectivity index (χ4v) is 8.88. The number of nitrogens with one attached hydrogen (secondary N) is 1. The van der Waals surface area contributed by atoms with Gasteiger partial charge in [-0.3, -0.25) is 9.59 Å². The first-order chi connectivity index (χ1) is 22.4. The Morgan fingerprint density at radius 3 is 2.12 bits per heavy atom. The monoisotopic (exact) mass is 685 g/mol. The molecular formula is C37H55N3O7S. The third-order valence-corrected chi connectivity index (χ3v) is 11.7. The lowest BCUT2D eigenvalue weighted by Gasteiger charge is -2.42. The number of carbonyl (C=O) groups is 3. The number of thiol groups is 1. The Morgan fingerprint density at radius 1 is 0.896 bits per heavy atom. The van der Waals surface area contributed by atoms with Crippen molar-refractivity contribution in [1.29, 1.82) is 0 Å². The number of hydrogen-bond donors (Lipinski definition) is 5. The highest BCUT2D eigenvalue weighted by atomic mass is 32.2. The third kappa shape index (κ3) is 9.74. The Balaban J connectivity index is 1.24. The molecule has 2 fully saturated rings. The van der Waals surface area contributed by atoms with E-state index < -0.39 is 40.3 Å². The van der Waals surface area contributed by atoms with E-state index in [9.17, 15) is 29.7 Å². The zero-order valence-electron chi connectivity index (χ0n) is 29.5. The summed E-state index contributed by atoms with van der Waals surface area (Å²) in [6.07, 6.45) is 1.10. The largest absolute Gasteiger partial charge is 0.444 e. The van der Waals surface area contributed by atoms with Gasteiger partial charge in [0, 0.05) is 43.6 Å². The Kier molecular flexibility index (Phi) is 12.3. The highest BCUT2D eigenvalue weighted by Crippen LogP contribution is 2.48. The Labute approximate surface area is 288 Å². The molecule has 10 nitrogen and oxygen atoms in total. The molecule has 2 aromatic carbocycles. The van der Waals surface area contributed by atoms with Crippen LogP contribution >= 0.6 is 10.9 Å². The van der Waals surface area contributed by atoms with Crippen LogP contribution in [0.15, 0.2) is 42.5 Å². The number of benzene rings is 2. The first-order valence-electron chi connectivity index (χ1n) is 16.9. The van der Waals surface area contributed by atoms with Crippen LogP contribution in [-0.4, -0.2) is 111 Å². The fourth-order valence-electron chi connectivity index (χ4n) is 6.48. The highest BCUT2D eigenvalue weighted by molar-refractivity contribution is 8.16. The molecule has 5 atom stereocenters. The average molecular weight is 686 g/mol. The first kappa shape index (κ1) is 37.7. The van der Waals surface area contributed by atoms with Crippen LogP contribution in [0.4, 0.5) is 4.79 Å². The third-order valence-electron chi connectivity index (χ3n) is 9.22. The second kappa shape index (κ2) is 15.6. The molecule has 2 heterocycles. The van der Waals surface area contributed by atoms with E-state index in [1.807, 2.05) is 26.8 Å². The molecule has 0 saturated carbocycles. The van der Waals surface area contributed by atoms with Gasteiger partial charge in [0.15, 0.2) is 0 Å². The molecule has 0 spiro atoms. The number of amides is 3. The minimum Gasteiger partial charge on any atom is -0.444 e. The number of aryl methyl sites for hydroxylation is 2. The summed E-state index contributed by atoms with van der Waals surface area (Å²) in [5, 5.41) is 33.9. The summed E-state index contributed by atoms with van der Waals surface area (Å²) in [5.41, 5.74) is 3.97. The Hall–Kier alpha value is -3.12. The summed E-state index contributed by atoms with van der Waals surface area (Å²) < 4.78 is 5.44. The normalized spacial score (nSPS) is 24.2. The molecular weight excluding hydrogens is 630 g/mol. The summed E-state index contributed by atoms with van der Waals surface area (Å²) in [6, 6.07) is 14.6. The highest BCUT2D eigenvalue weighted by Gasteiger charge is 2.40. The van der Waals surface area contributed by atoms with Gasteiger partial charge in [0.2, 0.25) is 11.8 Å². The smallest absolute Gasteiger partial charge is 0.410 e. The zero-order valence-corrected chi connectivity index (χ0v) is 30.4. The van der Waals surface area contributed by atoms with Crippen LogP contribution in [0.25, 0.3) is 0 Å². The molecule has 0 bridgehead atoms. The quantitative estimate of drug-likeness (QED) is 0.254. The molecule has 11 heteroatoms. The van der Waals surface area contributed by atoms with Gasteiger partial charge in [0.05, 0.1) is 12.2 Å². The summed E-state index contributed by atoms with van der Waals surface area (Å²) in [4.78, 5) is 41.7. The topological polar surface area (TPSA) is 140 Å². The molecule has 0 aliphatic carbocycles. The van der Waals surface area contributed by atoms with E-state index in [0.29, 0.717) is 44.8 Å². The van der Waals surface area contributed by atoms with Crippen LogP contribution in [0.2, 0.25) is 0 Å². The van der Waals surface area contributed by atoms with Crippen molar-refractivity contribution in [2.75, 3.05) is 38.2 Å². The molecule has 1 unspecified atom stereocenters. The van der Waals surface area contributed by atoms with E-state index in [0.717, 1.165) is 40.7 Å². The van der Waals surface area contributed by atoms with Crippen LogP contribution in [-0.2, 0) is 27.2 Å². The van der Waals surface area contributed by atoms with E-state index in [4.69, 9.17) is 4.74 Å². The van der Waals surface area contributed by atoms with Crippen molar-refractivity contribution in [2.24, 2.45) is 0 Å². The fraction of sp³-hybridized carbons (Fsp3) is 0.595. The van der Waals surface area contributed by atoms with Crippen LogP contribution in [0.5, 0.6) is 0 Å². The Morgan fingerprint density at radius 2 is 1.50 bits per heavy atom. The molecule has 2 aliphatic heterocycles. The maximum Gasteiger partial charge on any atom is 0.410 e. The molecule has 4 rings (SSSR count). The van der Waals surface area contributed by atoms with Gasteiger partial charge in [-0.2, -0.15) is 0 Å². The van der Waals surface area contributed by atoms with Gasteiger partial charge < -0.3 is 35.2 Å². The number of piperazine rings is 1. The molecule has 2 saturated heterocycles. The molecule has 2 aliphatic rings. The van der Waals surface area contributed by atoms with Gasteiger partial charge in [-0.1, -0.05) is 42.5 Å². The van der Waals surface area contributed by atoms with Crippen molar-refractivity contribution in [3.8, 4) is 0 Å². The first-order valence-corrected chi connectivity index (χ1v) is 19.0. The number of hydrogen-bond acceptors (Lipinski definition) is 7. The second-order valence-corrected chi connectivity index (χ2v) is 17.3. The predicted octanol–water partition coefficient (Wildman–Crippen LogP) is 3.65. The number of aliphatic hydroxyl groups excluding tert-OH is 3. The lowest BCUT2D eigenvalue weighted by Crippen LogP contribution is -2.60. The second-order valence-electron chi connectivity index (χ2n) is 14.9. The van der Waals surface area contributed by atoms with Crippen molar-refractivity contribution in [1.82, 2.24) is 15.1 Å². The number of aliphatic hydroxyl groups is 3. The molecule has 3 amide bonds. The van der Waals surface area contributed by atoms with Gasteiger partial charge in [0.25, 0.3) is 0 Å². The molecule has 4 N–H and O–H groups in total. The maximum atomic E-state index is 13.2. The number of nitrogens with zero attached hydrogens (tertiary/aromatic N) is 2. The van der Waals surface area contributed by atoms with E-state index in [1.165, 1.54) is 0 Å². The molecule has 48 heavy (non-hydrogen) atoms. The van der Waals surface area contributed by atoms with Crippen molar-refractivity contribution in [3.05, 3.63) is 70.3 Å². The number of ether oxygens (including phenoxy) is 1. The summed E-state index contributed by atoms with van der Waals surface area (Å²) in [7, 11) is -0.678. The van der Waals surface area contributed by atoms with Crippen molar-refractivity contribution in [3.63, 3.8) is 0 Å². The molecule has 266 valence electrons. The van der Waals surface area contributed by atoms with E-state index >= 15 is 0 Å². The zero-order chi connectivity index (χ0) is 35.4. The summed E-state index contributed by atoms with van der Waals surface area (Å²) >= 11 is 0. The van der Waals surface area contributed by atoms with Crippen molar-refractivity contribution in [2.45, 2.75) is 102 Å². The van der Waals surface area contributed by atoms with Crippen LogP contribution < -0.4 is 5.32 Å². The van der Waals surface area contributed by atoms with Gasteiger partial charge >= 0.3 is 6.09 Å². The van der Waals surface area contributed by atoms with Gasteiger partial charge in [-0.05, 0) is 94.9 Å². The lowest BCUT2D eigenvalue weighted by molar-refractivity contribution is -0.141. The number of carbonyl (C=O) groups excluding carboxylic acids is 3. The van der Waals surface area contributed by atoms with Crippen LogP contribution in [0.1, 0.15) is 80.5 Å².